The van der Waals surface area contributed by atoms with Gasteiger partial charge in [-0.15, -0.1) is 0 Å². The van der Waals surface area contributed by atoms with Crippen LogP contribution in [0.25, 0.3) is 0 Å². The van der Waals surface area contributed by atoms with Gasteiger partial charge in [-0.25, -0.2) is 0 Å². The summed E-state index contributed by atoms with van der Waals surface area (Å²) in [6.45, 7) is 5.30. The summed E-state index contributed by atoms with van der Waals surface area (Å²) in [6, 6.07) is 8.85. The maximum absolute atomic E-state index is 5.56. The molecule has 0 unspecified atom stereocenters. The molecule has 1 fully saturated rings. The zero-order valence-corrected chi connectivity index (χ0v) is 12.3. The Kier molecular flexibility index (Phi) is 5.41. The third-order valence-electron chi connectivity index (χ3n) is 4.40. The molecule has 2 heteroatoms. The Morgan fingerprint density at radius 2 is 1.68 bits per heavy atom. The van der Waals surface area contributed by atoms with Crippen LogP contribution in [0.15, 0.2) is 24.3 Å². The van der Waals surface area contributed by atoms with E-state index < -0.39 is 0 Å². The van der Waals surface area contributed by atoms with Crippen LogP contribution in [0.5, 0.6) is 0 Å². The highest BCUT2D eigenvalue weighted by atomic mass is 14.9. The lowest BCUT2D eigenvalue weighted by atomic mass is 9.76. The molecule has 0 atom stereocenters. The van der Waals surface area contributed by atoms with Crippen LogP contribution in [0, 0.1) is 5.41 Å². The lowest BCUT2D eigenvalue weighted by Crippen LogP contribution is -2.33. The van der Waals surface area contributed by atoms with Gasteiger partial charge in [0.25, 0.3) is 0 Å². The molecule has 2 nitrogen and oxygen atoms in total. The molecule has 0 amide bonds. The van der Waals surface area contributed by atoms with Crippen LogP contribution < -0.4 is 11.1 Å². The van der Waals surface area contributed by atoms with Crippen molar-refractivity contribution in [2.24, 2.45) is 11.1 Å². The Bertz CT molecular complexity index is 363. The highest BCUT2D eigenvalue weighted by Crippen LogP contribution is 2.34. The van der Waals surface area contributed by atoms with Crippen LogP contribution in [0.3, 0.4) is 0 Å². The van der Waals surface area contributed by atoms with Crippen molar-refractivity contribution >= 4 is 0 Å². The third-order valence-corrected chi connectivity index (χ3v) is 4.40. The monoisotopic (exact) mass is 260 g/mol. The average molecular weight is 260 g/mol. The molecule has 0 saturated heterocycles. The molecule has 19 heavy (non-hydrogen) atoms. The first-order chi connectivity index (χ1) is 9.22. The van der Waals surface area contributed by atoms with Crippen molar-refractivity contribution in [1.29, 1.82) is 0 Å². The van der Waals surface area contributed by atoms with Crippen LogP contribution in [-0.2, 0) is 13.0 Å². The second kappa shape index (κ2) is 7.06. The number of nitrogens with two attached hydrogens (primary N) is 1. The van der Waals surface area contributed by atoms with Crippen molar-refractivity contribution in [3.8, 4) is 0 Å². The van der Waals surface area contributed by atoms with Gasteiger partial charge < -0.3 is 11.1 Å². The zero-order valence-electron chi connectivity index (χ0n) is 12.3. The molecule has 1 aromatic rings. The van der Waals surface area contributed by atoms with Gasteiger partial charge in [0.1, 0.15) is 0 Å². The molecule has 0 spiro atoms. The second-order valence-electron chi connectivity index (χ2n) is 6.33. The Balaban J connectivity index is 1.75. The Hall–Kier alpha value is -0.860. The number of benzene rings is 1. The summed E-state index contributed by atoms with van der Waals surface area (Å²) >= 11 is 0. The number of nitrogens with one attached hydrogen (secondary N) is 1. The predicted octanol–water partition coefficient (Wildman–Crippen LogP) is 3.25. The third kappa shape index (κ3) is 4.63. The van der Waals surface area contributed by atoms with Crippen LogP contribution in [-0.4, -0.2) is 13.1 Å². The van der Waals surface area contributed by atoms with Crippen LogP contribution >= 0.6 is 0 Å². The van der Waals surface area contributed by atoms with E-state index in [1.165, 1.54) is 43.2 Å². The molecule has 106 valence electrons. The minimum Gasteiger partial charge on any atom is -0.330 e. The zero-order chi connectivity index (χ0) is 13.6. The highest BCUT2D eigenvalue weighted by molar-refractivity contribution is 5.22. The van der Waals surface area contributed by atoms with Gasteiger partial charge in [0.2, 0.25) is 0 Å². The van der Waals surface area contributed by atoms with Gasteiger partial charge >= 0.3 is 0 Å². The molecule has 0 aromatic heterocycles. The molecule has 1 saturated carbocycles. The molecule has 3 N–H and O–H groups in total. The van der Waals surface area contributed by atoms with Gasteiger partial charge in [0.05, 0.1) is 0 Å². The van der Waals surface area contributed by atoms with Gasteiger partial charge in [-0.05, 0) is 42.3 Å². The van der Waals surface area contributed by atoms with E-state index in [0.717, 1.165) is 26.1 Å². The molecule has 1 aliphatic rings. The number of hydrogen-bond donors (Lipinski definition) is 2. The summed E-state index contributed by atoms with van der Waals surface area (Å²) in [4.78, 5) is 0. The first kappa shape index (κ1) is 14.5. The number of hydrogen-bond acceptors (Lipinski definition) is 2. The quantitative estimate of drug-likeness (QED) is 0.824. The molecule has 2 rings (SSSR count). The van der Waals surface area contributed by atoms with Crippen molar-refractivity contribution in [1.82, 2.24) is 5.32 Å². The SMILES string of the molecule is CC1(CNCc2ccc(CCN)cc2)CCCCC1. The van der Waals surface area contributed by atoms with Crippen LogP contribution in [0.1, 0.15) is 50.2 Å². The smallest absolute Gasteiger partial charge is 0.0205 e. The Morgan fingerprint density at radius 1 is 1.05 bits per heavy atom. The van der Waals surface area contributed by atoms with Crippen molar-refractivity contribution in [2.45, 2.75) is 52.0 Å². The van der Waals surface area contributed by atoms with Crippen molar-refractivity contribution < 1.29 is 0 Å². The summed E-state index contributed by atoms with van der Waals surface area (Å²) in [6.07, 6.45) is 7.99. The average Bonchev–Trinajstić information content (AvgIpc) is 2.42. The van der Waals surface area contributed by atoms with Gasteiger partial charge in [-0.3, -0.25) is 0 Å². The Morgan fingerprint density at radius 3 is 2.32 bits per heavy atom. The molecule has 1 aromatic carbocycles. The molecule has 0 aliphatic heterocycles. The topological polar surface area (TPSA) is 38.0 Å². The second-order valence-corrected chi connectivity index (χ2v) is 6.33. The fourth-order valence-corrected chi connectivity index (χ4v) is 3.08. The first-order valence-electron chi connectivity index (χ1n) is 7.70. The standard InChI is InChI=1S/C17H28N2/c1-17(10-3-2-4-11-17)14-19-13-16-7-5-15(6-8-16)9-12-18/h5-8,19H,2-4,9-14,18H2,1H3. The predicted molar refractivity (Wildman–Crippen MR) is 82.1 cm³/mol. The van der Waals surface area contributed by atoms with E-state index >= 15 is 0 Å². The summed E-state index contributed by atoms with van der Waals surface area (Å²) < 4.78 is 0. The van der Waals surface area contributed by atoms with Gasteiger partial charge in [0, 0.05) is 13.1 Å². The first-order valence-corrected chi connectivity index (χ1v) is 7.70. The van der Waals surface area contributed by atoms with Gasteiger partial charge in [-0.2, -0.15) is 0 Å². The van der Waals surface area contributed by atoms with Gasteiger partial charge in [0.15, 0.2) is 0 Å². The van der Waals surface area contributed by atoms with Gasteiger partial charge in [-0.1, -0.05) is 50.5 Å². The van der Waals surface area contributed by atoms with E-state index in [1.807, 2.05) is 0 Å². The largest absolute Gasteiger partial charge is 0.330 e. The summed E-state index contributed by atoms with van der Waals surface area (Å²) in [5.41, 5.74) is 8.80. The number of rotatable bonds is 6. The maximum atomic E-state index is 5.56. The van der Waals surface area contributed by atoms with Crippen LogP contribution in [0.4, 0.5) is 0 Å². The minimum absolute atomic E-state index is 0.526. The van der Waals surface area contributed by atoms with E-state index in [-0.39, 0.29) is 0 Å². The summed E-state index contributed by atoms with van der Waals surface area (Å²) in [7, 11) is 0. The van der Waals surface area contributed by atoms with E-state index in [1.54, 1.807) is 0 Å². The fourth-order valence-electron chi connectivity index (χ4n) is 3.08. The maximum Gasteiger partial charge on any atom is 0.0205 e. The van der Waals surface area contributed by atoms with Crippen molar-refractivity contribution in [3.05, 3.63) is 35.4 Å². The van der Waals surface area contributed by atoms with E-state index in [9.17, 15) is 0 Å². The molecule has 1 aliphatic carbocycles. The van der Waals surface area contributed by atoms with Crippen molar-refractivity contribution in [3.63, 3.8) is 0 Å². The fraction of sp³-hybridized carbons (Fsp3) is 0.647. The molecule has 0 bridgehead atoms. The lowest BCUT2D eigenvalue weighted by Gasteiger charge is -2.33. The molecular formula is C17H28N2. The Labute approximate surface area is 117 Å². The van der Waals surface area contributed by atoms with Crippen LogP contribution in [0.2, 0.25) is 0 Å². The minimum atomic E-state index is 0.526. The lowest BCUT2D eigenvalue weighted by molar-refractivity contribution is 0.207. The van der Waals surface area contributed by atoms with Crippen molar-refractivity contribution in [2.75, 3.05) is 13.1 Å². The highest BCUT2D eigenvalue weighted by Gasteiger charge is 2.25. The van der Waals surface area contributed by atoms with E-state index in [0.29, 0.717) is 5.41 Å². The molecular weight excluding hydrogens is 232 g/mol. The van der Waals surface area contributed by atoms with E-state index in [4.69, 9.17) is 5.73 Å². The summed E-state index contributed by atoms with van der Waals surface area (Å²) in [5.74, 6) is 0. The van der Waals surface area contributed by atoms with E-state index in [2.05, 4.69) is 36.5 Å². The molecule has 0 heterocycles. The molecule has 0 radical (unpaired) electrons. The summed E-state index contributed by atoms with van der Waals surface area (Å²) in [5, 5.41) is 3.64. The normalized spacial score (nSPS) is 18.4.